The van der Waals surface area contributed by atoms with E-state index in [9.17, 15) is 9.90 Å². The molecule has 0 bridgehead atoms. The minimum atomic E-state index is -0.496. The number of nitrogens with zero attached hydrogens (tertiary/aromatic N) is 2. The Labute approximate surface area is 142 Å². The highest BCUT2D eigenvalue weighted by Gasteiger charge is 2.15. The van der Waals surface area contributed by atoms with E-state index in [-0.39, 0.29) is 32.8 Å². The average Bonchev–Trinajstić information content (AvgIpc) is 2.56. The second-order valence-corrected chi connectivity index (χ2v) is 5.07. The number of carbonyl (C=O) groups is 1. The number of halogens is 2. The summed E-state index contributed by atoms with van der Waals surface area (Å²) in [7, 11) is 0. The fraction of sp³-hybridized carbons (Fsp3) is 0.133. The van der Waals surface area contributed by atoms with Crippen molar-refractivity contribution in [2.75, 3.05) is 6.61 Å². The molecule has 0 aliphatic rings. The molecule has 0 atom stereocenters. The fourth-order valence-corrected chi connectivity index (χ4v) is 2.10. The van der Waals surface area contributed by atoms with Gasteiger partial charge >= 0.3 is 0 Å². The number of carbonyl (C=O) groups excluding carboxylic acids is 1. The van der Waals surface area contributed by atoms with Gasteiger partial charge in [0.25, 0.3) is 5.91 Å². The maximum atomic E-state index is 11.8. The van der Waals surface area contributed by atoms with Gasteiger partial charge in [-0.15, -0.1) is 0 Å². The number of ether oxygens (including phenoxy) is 1. The van der Waals surface area contributed by atoms with Crippen molar-refractivity contribution >= 4 is 35.3 Å². The molecule has 0 unspecified atom stereocenters. The van der Waals surface area contributed by atoms with E-state index >= 15 is 0 Å². The molecule has 1 amide bonds. The molecule has 0 radical (unpaired) electrons. The summed E-state index contributed by atoms with van der Waals surface area (Å²) in [5, 5.41) is 14.2. The van der Waals surface area contributed by atoms with Gasteiger partial charge in [0, 0.05) is 12.3 Å². The maximum Gasteiger partial charge on any atom is 0.289 e. The lowest BCUT2D eigenvalue weighted by Crippen LogP contribution is -2.18. The van der Waals surface area contributed by atoms with E-state index in [1.165, 1.54) is 18.5 Å². The molecule has 0 saturated heterocycles. The number of hydrogen-bond donors (Lipinski definition) is 2. The predicted molar refractivity (Wildman–Crippen MR) is 88.6 cm³/mol. The Balaban J connectivity index is 2.21. The van der Waals surface area contributed by atoms with Crippen LogP contribution >= 0.6 is 23.2 Å². The van der Waals surface area contributed by atoms with Crippen LogP contribution in [0, 0.1) is 0 Å². The molecule has 0 aliphatic heterocycles. The molecule has 2 N–H and O–H groups in total. The number of benzene rings is 1. The van der Waals surface area contributed by atoms with Gasteiger partial charge < -0.3 is 9.84 Å². The maximum absolute atomic E-state index is 11.8. The van der Waals surface area contributed by atoms with Crippen LogP contribution in [-0.4, -0.2) is 28.8 Å². The van der Waals surface area contributed by atoms with Crippen LogP contribution in [0.25, 0.3) is 0 Å². The number of rotatable bonds is 5. The molecule has 2 aromatic rings. The molecule has 0 aliphatic carbocycles. The van der Waals surface area contributed by atoms with Crippen LogP contribution < -0.4 is 10.2 Å². The molecule has 0 saturated carbocycles. The van der Waals surface area contributed by atoms with E-state index in [1.807, 2.05) is 0 Å². The summed E-state index contributed by atoms with van der Waals surface area (Å²) >= 11 is 12.0. The summed E-state index contributed by atoms with van der Waals surface area (Å²) in [6.07, 6.45) is 2.68. The number of hydrazone groups is 1. The van der Waals surface area contributed by atoms with E-state index in [2.05, 4.69) is 15.5 Å². The molecule has 1 aromatic carbocycles. The molecule has 1 aromatic heterocycles. The molecule has 0 fully saturated rings. The van der Waals surface area contributed by atoms with Gasteiger partial charge in [-0.3, -0.25) is 9.78 Å². The molecular formula is C15H13Cl2N3O3. The topological polar surface area (TPSA) is 83.8 Å². The highest BCUT2D eigenvalue weighted by Crippen LogP contribution is 2.39. The third-order valence-corrected chi connectivity index (χ3v) is 3.55. The van der Waals surface area contributed by atoms with Crippen molar-refractivity contribution in [2.24, 2.45) is 5.10 Å². The molecule has 1 heterocycles. The van der Waals surface area contributed by atoms with Crippen LogP contribution in [0.3, 0.4) is 0 Å². The first-order valence-corrected chi connectivity index (χ1v) is 7.38. The molecule has 2 rings (SSSR count). The van der Waals surface area contributed by atoms with Gasteiger partial charge in [0.2, 0.25) is 0 Å². The van der Waals surface area contributed by atoms with E-state index in [0.717, 1.165) is 0 Å². The average molecular weight is 354 g/mol. The number of phenols is 1. The highest BCUT2D eigenvalue weighted by atomic mass is 35.5. The Hall–Kier alpha value is -2.31. The van der Waals surface area contributed by atoms with Crippen molar-refractivity contribution in [1.29, 1.82) is 0 Å². The monoisotopic (exact) mass is 353 g/mol. The second-order valence-electron chi connectivity index (χ2n) is 4.28. The molecule has 0 spiro atoms. The summed E-state index contributed by atoms with van der Waals surface area (Å²) in [6.45, 7) is 2.11. The summed E-state index contributed by atoms with van der Waals surface area (Å²) in [4.78, 5) is 15.7. The smallest absolute Gasteiger partial charge is 0.289 e. The standard InChI is InChI=1S/C15H13Cl2N3O3/c1-2-23-12-7-10(16)13(17)9(14(12)21)8-19-20-15(22)11-5-3-4-6-18-11/h3-8,21H,2H2,1H3,(H,20,22)/b19-8-. The number of phenolic OH excluding ortho intramolecular Hbond substituents is 1. The summed E-state index contributed by atoms with van der Waals surface area (Å²) in [5.74, 6) is -0.527. The molecule has 8 heteroatoms. The normalized spacial score (nSPS) is 10.7. The summed E-state index contributed by atoms with van der Waals surface area (Å²) in [6, 6.07) is 6.33. The third-order valence-electron chi connectivity index (χ3n) is 2.75. The Bertz CT molecular complexity index is 736. The predicted octanol–water partition coefficient (Wildman–Crippen LogP) is 3.26. The lowest BCUT2D eigenvalue weighted by atomic mass is 10.2. The number of amides is 1. The highest BCUT2D eigenvalue weighted by molar-refractivity contribution is 6.43. The largest absolute Gasteiger partial charge is 0.504 e. The zero-order valence-corrected chi connectivity index (χ0v) is 13.6. The zero-order valence-electron chi connectivity index (χ0n) is 12.1. The molecule has 120 valence electrons. The van der Waals surface area contributed by atoms with Crippen LogP contribution in [0.1, 0.15) is 23.0 Å². The van der Waals surface area contributed by atoms with E-state index in [0.29, 0.717) is 6.61 Å². The first-order chi connectivity index (χ1) is 11.0. The van der Waals surface area contributed by atoms with Gasteiger partial charge in [0.1, 0.15) is 5.69 Å². The van der Waals surface area contributed by atoms with Gasteiger partial charge in [-0.25, -0.2) is 5.43 Å². The molecule has 23 heavy (non-hydrogen) atoms. The molecular weight excluding hydrogens is 341 g/mol. The quantitative estimate of drug-likeness (QED) is 0.638. The van der Waals surface area contributed by atoms with Crippen LogP contribution in [0.5, 0.6) is 11.5 Å². The SMILES string of the molecule is CCOc1cc(Cl)c(Cl)c(/C=N\NC(=O)c2ccccn2)c1O. The van der Waals surface area contributed by atoms with E-state index in [4.69, 9.17) is 27.9 Å². The first-order valence-electron chi connectivity index (χ1n) is 6.62. The van der Waals surface area contributed by atoms with Crippen LogP contribution in [-0.2, 0) is 0 Å². The van der Waals surface area contributed by atoms with Gasteiger partial charge in [-0.2, -0.15) is 5.10 Å². The van der Waals surface area contributed by atoms with Gasteiger partial charge in [-0.1, -0.05) is 29.3 Å². The summed E-state index contributed by atoms with van der Waals surface area (Å²) < 4.78 is 5.26. The van der Waals surface area contributed by atoms with Crippen molar-refractivity contribution in [1.82, 2.24) is 10.4 Å². The van der Waals surface area contributed by atoms with E-state index < -0.39 is 5.91 Å². The Morgan fingerprint density at radius 3 is 2.91 bits per heavy atom. The van der Waals surface area contributed by atoms with Crippen LogP contribution in [0.15, 0.2) is 35.6 Å². The van der Waals surface area contributed by atoms with Crippen LogP contribution in [0.2, 0.25) is 10.0 Å². The van der Waals surface area contributed by atoms with Crippen molar-refractivity contribution in [3.05, 3.63) is 51.8 Å². The van der Waals surface area contributed by atoms with E-state index in [1.54, 1.807) is 25.1 Å². The molecule has 6 nitrogen and oxygen atoms in total. The summed E-state index contributed by atoms with van der Waals surface area (Å²) in [5.41, 5.74) is 2.64. The first kappa shape index (κ1) is 17.1. The number of nitrogens with one attached hydrogen (secondary N) is 1. The van der Waals surface area contributed by atoms with Crippen molar-refractivity contribution in [2.45, 2.75) is 6.92 Å². The van der Waals surface area contributed by atoms with Gasteiger partial charge in [-0.05, 0) is 19.1 Å². The number of aromatic hydroxyl groups is 1. The van der Waals surface area contributed by atoms with Crippen molar-refractivity contribution in [3.63, 3.8) is 0 Å². The Morgan fingerprint density at radius 1 is 1.48 bits per heavy atom. The minimum absolute atomic E-state index is 0.100. The lowest BCUT2D eigenvalue weighted by molar-refractivity contribution is 0.0950. The lowest BCUT2D eigenvalue weighted by Gasteiger charge is -2.10. The van der Waals surface area contributed by atoms with Crippen molar-refractivity contribution in [3.8, 4) is 11.5 Å². The second kappa shape index (κ2) is 7.80. The van der Waals surface area contributed by atoms with Gasteiger partial charge in [0.15, 0.2) is 11.5 Å². The number of aromatic nitrogens is 1. The Morgan fingerprint density at radius 2 is 2.26 bits per heavy atom. The van der Waals surface area contributed by atoms with Crippen LogP contribution in [0.4, 0.5) is 0 Å². The minimum Gasteiger partial charge on any atom is -0.504 e. The van der Waals surface area contributed by atoms with Gasteiger partial charge in [0.05, 0.1) is 28.4 Å². The third kappa shape index (κ3) is 4.12. The van der Waals surface area contributed by atoms with Crippen molar-refractivity contribution < 1.29 is 14.6 Å². The number of hydrogen-bond acceptors (Lipinski definition) is 5. The zero-order chi connectivity index (χ0) is 16.8. The Kier molecular flexibility index (Phi) is 5.78. The number of pyridine rings is 1. The fourth-order valence-electron chi connectivity index (χ4n) is 1.71.